The van der Waals surface area contributed by atoms with Crippen LogP contribution in [-0.2, 0) is 35.3 Å². The summed E-state index contributed by atoms with van der Waals surface area (Å²) in [5.41, 5.74) is -1.11. The van der Waals surface area contributed by atoms with Crippen LogP contribution in [0.2, 0.25) is 0 Å². The number of hydrogen-bond donors (Lipinski definition) is 1. The van der Waals surface area contributed by atoms with Crippen LogP contribution in [-0.4, -0.2) is 20.2 Å². The lowest BCUT2D eigenvalue weighted by Crippen LogP contribution is -2.29. The highest BCUT2D eigenvalue weighted by molar-refractivity contribution is 7.93. The Morgan fingerprint density at radius 2 is 1.62 bits per heavy atom. The Morgan fingerprint density at radius 1 is 0.912 bits per heavy atom. The first-order valence-electron chi connectivity index (χ1n) is 11.0. The number of sulfonamides is 1. The first kappa shape index (κ1) is 24.7. The highest BCUT2D eigenvalue weighted by Crippen LogP contribution is 2.39. The molecule has 0 spiro atoms. The molecule has 0 radical (unpaired) electrons. The Hall–Kier alpha value is -2.43. The summed E-state index contributed by atoms with van der Waals surface area (Å²) in [6.07, 6.45) is -5.33. The van der Waals surface area contributed by atoms with Gasteiger partial charge in [0.05, 0.1) is 16.4 Å². The van der Waals surface area contributed by atoms with E-state index in [0.29, 0.717) is 43.2 Å². The Labute approximate surface area is 194 Å². The van der Waals surface area contributed by atoms with Crippen molar-refractivity contribution in [3.8, 4) is 0 Å². The second-order valence-electron chi connectivity index (χ2n) is 8.79. The summed E-state index contributed by atoms with van der Waals surface area (Å²) >= 11 is 0. The van der Waals surface area contributed by atoms with Crippen LogP contribution >= 0.6 is 0 Å². The molecule has 1 aliphatic carbocycles. The van der Waals surface area contributed by atoms with Gasteiger partial charge in [0.25, 0.3) is 0 Å². The maximum Gasteiger partial charge on any atom is 0.416 e. The van der Waals surface area contributed by atoms with Crippen molar-refractivity contribution in [3.05, 3.63) is 58.7 Å². The molecule has 4 rings (SSSR count). The first-order chi connectivity index (χ1) is 15.8. The molecule has 1 fully saturated rings. The second-order valence-corrected chi connectivity index (χ2v) is 10.8. The first-order valence-corrected chi connectivity index (χ1v) is 12.6. The van der Waals surface area contributed by atoms with Crippen molar-refractivity contribution >= 4 is 21.4 Å². The molecular formula is C23H24F6N2O2S. The predicted molar refractivity (Wildman–Crippen MR) is 117 cm³/mol. The third-order valence-corrected chi connectivity index (χ3v) is 8.30. The fourth-order valence-electron chi connectivity index (χ4n) is 4.68. The SMILES string of the molecule is O=S(=O)(Nc1ccc2c(c1)CCN2Cc1ccc(C(F)(F)F)cc1C(F)(F)F)C1CCCCC1. The topological polar surface area (TPSA) is 49.4 Å². The van der Waals surface area contributed by atoms with Crippen LogP contribution in [0.3, 0.4) is 0 Å². The number of rotatable bonds is 5. The van der Waals surface area contributed by atoms with Crippen molar-refractivity contribution in [3.63, 3.8) is 0 Å². The molecule has 2 aromatic carbocycles. The summed E-state index contributed by atoms with van der Waals surface area (Å²) in [7, 11) is -3.53. The fraction of sp³-hybridized carbons (Fsp3) is 0.478. The van der Waals surface area contributed by atoms with Crippen molar-refractivity contribution in [1.29, 1.82) is 0 Å². The van der Waals surface area contributed by atoms with Crippen LogP contribution in [0.1, 0.15) is 54.4 Å². The van der Waals surface area contributed by atoms with E-state index in [-0.39, 0.29) is 18.2 Å². The Kier molecular flexibility index (Phi) is 6.52. The van der Waals surface area contributed by atoms with Crippen LogP contribution in [0.25, 0.3) is 0 Å². The highest BCUT2D eigenvalue weighted by Gasteiger charge is 2.38. The molecule has 0 unspecified atom stereocenters. The third-order valence-electron chi connectivity index (χ3n) is 6.43. The van der Waals surface area contributed by atoms with E-state index in [0.717, 1.165) is 30.9 Å². The predicted octanol–water partition coefficient (Wildman–Crippen LogP) is 6.36. The number of nitrogens with one attached hydrogen (secondary N) is 1. The van der Waals surface area contributed by atoms with Gasteiger partial charge in [0.1, 0.15) is 0 Å². The van der Waals surface area contributed by atoms with Gasteiger partial charge < -0.3 is 4.90 Å². The number of alkyl halides is 6. The number of hydrogen-bond acceptors (Lipinski definition) is 3. The largest absolute Gasteiger partial charge is 0.416 e. The lowest BCUT2D eigenvalue weighted by Gasteiger charge is -2.24. The van der Waals surface area contributed by atoms with Gasteiger partial charge >= 0.3 is 12.4 Å². The maximum absolute atomic E-state index is 13.5. The van der Waals surface area contributed by atoms with Gasteiger partial charge in [-0.2, -0.15) is 26.3 Å². The van der Waals surface area contributed by atoms with Crippen LogP contribution in [0.15, 0.2) is 36.4 Å². The number of halogens is 6. The average molecular weight is 507 g/mol. The zero-order valence-electron chi connectivity index (χ0n) is 18.1. The highest BCUT2D eigenvalue weighted by atomic mass is 32.2. The number of benzene rings is 2. The van der Waals surface area contributed by atoms with Crippen molar-refractivity contribution in [2.24, 2.45) is 0 Å². The van der Waals surface area contributed by atoms with E-state index in [1.54, 1.807) is 23.1 Å². The lowest BCUT2D eigenvalue weighted by atomic mass is 10.0. The van der Waals surface area contributed by atoms with Gasteiger partial charge in [0, 0.05) is 24.5 Å². The summed E-state index contributed by atoms with van der Waals surface area (Å²) in [6, 6.07) is 6.55. The molecule has 0 bridgehead atoms. The summed E-state index contributed by atoms with van der Waals surface area (Å²) < 4.78 is 107. The van der Waals surface area contributed by atoms with Crippen LogP contribution in [0, 0.1) is 0 Å². The molecule has 1 heterocycles. The summed E-state index contributed by atoms with van der Waals surface area (Å²) in [5, 5.41) is -0.438. The van der Waals surface area contributed by atoms with Gasteiger partial charge in [-0.15, -0.1) is 0 Å². The molecule has 1 saturated carbocycles. The number of nitrogens with zero attached hydrogens (tertiary/aromatic N) is 1. The molecular weight excluding hydrogens is 482 g/mol. The number of anilines is 2. The van der Waals surface area contributed by atoms with E-state index in [1.807, 2.05) is 0 Å². The van der Waals surface area contributed by atoms with Crippen molar-refractivity contribution in [2.75, 3.05) is 16.2 Å². The molecule has 186 valence electrons. The van der Waals surface area contributed by atoms with Crippen LogP contribution in [0.5, 0.6) is 0 Å². The molecule has 0 amide bonds. The molecule has 1 N–H and O–H groups in total. The summed E-state index contributed by atoms with van der Waals surface area (Å²) in [5.74, 6) is 0. The summed E-state index contributed by atoms with van der Waals surface area (Å²) in [4.78, 5) is 1.66. The normalized spacial score (nSPS) is 17.6. The molecule has 34 heavy (non-hydrogen) atoms. The van der Waals surface area contributed by atoms with Crippen molar-refractivity contribution < 1.29 is 34.8 Å². The van der Waals surface area contributed by atoms with E-state index in [9.17, 15) is 34.8 Å². The molecule has 0 aromatic heterocycles. The molecule has 0 atom stereocenters. The Balaban J connectivity index is 1.54. The van der Waals surface area contributed by atoms with Gasteiger partial charge in [0.2, 0.25) is 10.0 Å². The quantitative estimate of drug-likeness (QED) is 0.480. The lowest BCUT2D eigenvalue weighted by molar-refractivity contribution is -0.143. The molecule has 1 aliphatic heterocycles. The van der Waals surface area contributed by atoms with Gasteiger partial charge in [-0.05, 0) is 60.7 Å². The zero-order chi connectivity index (χ0) is 24.7. The minimum atomic E-state index is -4.93. The van der Waals surface area contributed by atoms with Gasteiger partial charge in [-0.3, -0.25) is 4.72 Å². The zero-order valence-corrected chi connectivity index (χ0v) is 19.0. The molecule has 4 nitrogen and oxygen atoms in total. The second kappa shape index (κ2) is 8.98. The third kappa shape index (κ3) is 5.29. The molecule has 2 aliphatic rings. The molecule has 2 aromatic rings. The van der Waals surface area contributed by atoms with Crippen LogP contribution in [0.4, 0.5) is 37.7 Å². The Morgan fingerprint density at radius 3 is 2.26 bits per heavy atom. The van der Waals surface area contributed by atoms with E-state index >= 15 is 0 Å². The minimum absolute atomic E-state index is 0.148. The van der Waals surface area contributed by atoms with Gasteiger partial charge in [0.15, 0.2) is 0 Å². The van der Waals surface area contributed by atoms with E-state index in [1.165, 1.54) is 0 Å². The Bertz CT molecular complexity index is 1160. The van der Waals surface area contributed by atoms with Gasteiger partial charge in [-0.25, -0.2) is 8.42 Å². The fourth-order valence-corrected chi connectivity index (χ4v) is 6.26. The van der Waals surface area contributed by atoms with Crippen molar-refractivity contribution in [2.45, 2.75) is 62.7 Å². The summed E-state index contributed by atoms with van der Waals surface area (Å²) in [6.45, 7) is 0.152. The monoisotopic (exact) mass is 506 g/mol. The average Bonchev–Trinajstić information content (AvgIpc) is 3.15. The maximum atomic E-state index is 13.5. The molecule has 11 heteroatoms. The van der Waals surface area contributed by atoms with Crippen molar-refractivity contribution in [1.82, 2.24) is 0 Å². The smallest absolute Gasteiger partial charge is 0.367 e. The van der Waals surface area contributed by atoms with E-state index < -0.39 is 38.8 Å². The number of fused-ring (bicyclic) bond motifs is 1. The standard InChI is InChI=1S/C23H24F6N2O2S/c24-22(25,26)17-7-6-16(20(13-17)23(27,28)29)14-31-11-10-15-12-18(8-9-21(15)31)30-34(32,33)19-4-2-1-3-5-19/h6-9,12-13,19,30H,1-5,10-11,14H2. The van der Waals surface area contributed by atoms with Gasteiger partial charge in [-0.1, -0.05) is 25.3 Å². The minimum Gasteiger partial charge on any atom is -0.367 e. The van der Waals surface area contributed by atoms with E-state index in [2.05, 4.69) is 4.72 Å². The molecule has 0 saturated heterocycles. The van der Waals surface area contributed by atoms with Crippen LogP contribution < -0.4 is 9.62 Å². The van der Waals surface area contributed by atoms with E-state index in [4.69, 9.17) is 0 Å².